The van der Waals surface area contributed by atoms with Gasteiger partial charge in [-0.25, -0.2) is 0 Å². The van der Waals surface area contributed by atoms with Crippen LogP contribution in [0.2, 0.25) is 0 Å². The largest absolute Gasteiger partial charge is 0.459 e. The third kappa shape index (κ3) is 7.09. The summed E-state index contributed by atoms with van der Waals surface area (Å²) in [6, 6.07) is 25.5. The molecular weight excluding hydrogens is 538 g/mol. The zero-order valence-corrected chi connectivity index (χ0v) is 25.7. The smallest absolute Gasteiger partial charge is 0.291 e. The highest BCUT2D eigenvalue weighted by Gasteiger charge is 2.26. The van der Waals surface area contributed by atoms with Gasteiger partial charge >= 0.3 is 0 Å². The number of aryl methyl sites for hydroxylation is 1. The molecule has 5 rings (SSSR count). The van der Waals surface area contributed by atoms with Crippen LogP contribution in [0.1, 0.15) is 51.5 Å². The monoisotopic (exact) mass is 579 g/mol. The van der Waals surface area contributed by atoms with Gasteiger partial charge < -0.3 is 29.8 Å². The van der Waals surface area contributed by atoms with Crippen LogP contribution in [-0.4, -0.2) is 57.0 Å². The first kappa shape index (κ1) is 29.9. The fourth-order valence-corrected chi connectivity index (χ4v) is 5.60. The molecule has 3 aromatic carbocycles. The van der Waals surface area contributed by atoms with Gasteiger partial charge in [0, 0.05) is 44.0 Å². The Morgan fingerprint density at radius 2 is 1.56 bits per heavy atom. The molecule has 2 N–H and O–H groups in total. The summed E-state index contributed by atoms with van der Waals surface area (Å²) in [5.41, 5.74) is 6.01. The van der Waals surface area contributed by atoms with E-state index in [1.807, 2.05) is 52.2 Å². The van der Waals surface area contributed by atoms with Crippen LogP contribution >= 0.6 is 0 Å². The third-order valence-corrected chi connectivity index (χ3v) is 7.90. The molecule has 0 radical (unpaired) electrons. The Kier molecular flexibility index (Phi) is 8.87. The molecule has 4 aromatic rings. The van der Waals surface area contributed by atoms with Crippen molar-refractivity contribution in [1.82, 2.24) is 10.2 Å². The number of carbonyl (C=O) groups is 2. The van der Waals surface area contributed by atoms with E-state index in [2.05, 4.69) is 68.7 Å². The summed E-state index contributed by atoms with van der Waals surface area (Å²) in [7, 11) is 4.07. The van der Waals surface area contributed by atoms with Crippen molar-refractivity contribution in [1.29, 1.82) is 0 Å². The quantitative estimate of drug-likeness (QED) is 0.257. The first-order valence-electron chi connectivity index (χ1n) is 14.7. The van der Waals surface area contributed by atoms with E-state index < -0.39 is 5.54 Å². The minimum atomic E-state index is -0.610. The van der Waals surface area contributed by atoms with Crippen LogP contribution in [0.15, 0.2) is 89.5 Å². The maximum atomic E-state index is 13.6. The number of nitrogens with zero attached hydrogens (tertiary/aromatic N) is 3. The summed E-state index contributed by atoms with van der Waals surface area (Å²) in [6.07, 6.45) is 1.47. The fraction of sp³-hybridized carbons (Fsp3) is 0.314. The lowest BCUT2D eigenvalue weighted by Gasteiger charge is -2.38. The molecule has 224 valence electrons. The van der Waals surface area contributed by atoms with E-state index in [9.17, 15) is 9.59 Å². The van der Waals surface area contributed by atoms with Crippen molar-refractivity contribution in [2.75, 3.05) is 55.4 Å². The fourth-order valence-electron chi connectivity index (χ4n) is 5.60. The number of amides is 2. The highest BCUT2D eigenvalue weighted by atomic mass is 16.3. The Balaban J connectivity index is 1.37. The first-order chi connectivity index (χ1) is 20.6. The maximum Gasteiger partial charge on any atom is 0.291 e. The Labute approximate surface area is 254 Å². The minimum Gasteiger partial charge on any atom is -0.459 e. The van der Waals surface area contributed by atoms with Crippen LogP contribution in [0, 0.1) is 6.92 Å². The topological polar surface area (TPSA) is 81.1 Å². The van der Waals surface area contributed by atoms with E-state index in [0.717, 1.165) is 44.0 Å². The van der Waals surface area contributed by atoms with Gasteiger partial charge in [0.2, 0.25) is 0 Å². The van der Waals surface area contributed by atoms with Crippen molar-refractivity contribution in [3.8, 4) is 0 Å². The van der Waals surface area contributed by atoms with E-state index in [1.165, 1.54) is 23.1 Å². The number of hydrogen-bond donors (Lipinski definition) is 2. The minimum absolute atomic E-state index is 0.212. The molecule has 0 spiro atoms. The molecule has 2 heterocycles. The molecule has 1 fully saturated rings. The summed E-state index contributed by atoms with van der Waals surface area (Å²) in [5, 5.41) is 6.21. The van der Waals surface area contributed by atoms with Gasteiger partial charge in [0.05, 0.1) is 23.2 Å². The lowest BCUT2D eigenvalue weighted by atomic mass is 9.92. The van der Waals surface area contributed by atoms with Crippen molar-refractivity contribution in [3.05, 3.63) is 113 Å². The molecule has 8 heteroatoms. The highest BCUT2D eigenvalue weighted by molar-refractivity contribution is 6.05. The van der Waals surface area contributed by atoms with Crippen LogP contribution in [0.5, 0.6) is 0 Å². The molecule has 0 aliphatic carbocycles. The van der Waals surface area contributed by atoms with Gasteiger partial charge in [-0.2, -0.15) is 0 Å². The van der Waals surface area contributed by atoms with Gasteiger partial charge in [0.25, 0.3) is 11.8 Å². The second-order valence-corrected chi connectivity index (χ2v) is 11.9. The van der Waals surface area contributed by atoms with E-state index in [0.29, 0.717) is 11.3 Å². The molecule has 1 aromatic heterocycles. The molecule has 1 saturated heterocycles. The summed E-state index contributed by atoms with van der Waals surface area (Å²) < 4.78 is 5.34. The van der Waals surface area contributed by atoms with Gasteiger partial charge in [0.15, 0.2) is 5.76 Å². The molecule has 1 aliphatic heterocycles. The molecule has 43 heavy (non-hydrogen) atoms. The number of furan rings is 1. The lowest BCUT2D eigenvalue weighted by Crippen LogP contribution is -2.47. The van der Waals surface area contributed by atoms with Gasteiger partial charge in [-0.15, -0.1) is 0 Å². The van der Waals surface area contributed by atoms with Crippen molar-refractivity contribution in [2.45, 2.75) is 32.9 Å². The number of hydrogen-bond acceptors (Lipinski definition) is 6. The number of carbonyl (C=O) groups excluding carboxylic acids is 2. The normalized spacial score (nSPS) is 13.7. The van der Waals surface area contributed by atoms with Crippen LogP contribution < -0.4 is 20.4 Å². The van der Waals surface area contributed by atoms with Gasteiger partial charge in [-0.1, -0.05) is 42.5 Å². The Hall–Kier alpha value is -4.56. The van der Waals surface area contributed by atoms with E-state index in [4.69, 9.17) is 4.42 Å². The van der Waals surface area contributed by atoms with Crippen molar-refractivity contribution >= 4 is 28.9 Å². The molecule has 1 aliphatic rings. The second-order valence-electron chi connectivity index (χ2n) is 11.9. The Bertz CT molecular complexity index is 1570. The van der Waals surface area contributed by atoms with Gasteiger partial charge in [-0.05, 0) is 88.0 Å². The highest BCUT2D eigenvalue weighted by Crippen LogP contribution is 2.31. The molecule has 0 unspecified atom stereocenters. The summed E-state index contributed by atoms with van der Waals surface area (Å²) in [5.74, 6) is -0.364. The predicted molar refractivity (Wildman–Crippen MR) is 173 cm³/mol. The van der Waals surface area contributed by atoms with Crippen LogP contribution in [-0.2, 0) is 12.1 Å². The Morgan fingerprint density at radius 1 is 0.837 bits per heavy atom. The second kappa shape index (κ2) is 12.8. The molecule has 0 bridgehead atoms. The number of nitrogens with one attached hydrogen (secondary N) is 2. The number of rotatable bonds is 9. The number of piperazine rings is 1. The molecule has 0 atom stereocenters. The van der Waals surface area contributed by atoms with Crippen LogP contribution in [0.25, 0.3) is 0 Å². The number of anilines is 3. The SMILES string of the molecule is Cc1ccccc1N1CCN(c2ccc(C(=O)NC(C)(C)c3cccc(CN(C)C)c3)cc2NC(=O)c2ccco2)CC1. The first-order valence-corrected chi connectivity index (χ1v) is 14.7. The van der Waals surface area contributed by atoms with Crippen LogP contribution in [0.3, 0.4) is 0 Å². The molecule has 2 amide bonds. The van der Waals surface area contributed by atoms with E-state index >= 15 is 0 Å². The summed E-state index contributed by atoms with van der Waals surface area (Å²) in [6.45, 7) is 10.2. The zero-order chi connectivity index (χ0) is 30.6. The van der Waals surface area contributed by atoms with Gasteiger partial charge in [0.1, 0.15) is 0 Å². The summed E-state index contributed by atoms with van der Waals surface area (Å²) in [4.78, 5) is 33.4. The molecular formula is C35H41N5O3. The van der Waals surface area contributed by atoms with E-state index in [-0.39, 0.29) is 17.6 Å². The predicted octanol–water partition coefficient (Wildman–Crippen LogP) is 5.89. The van der Waals surface area contributed by atoms with Crippen molar-refractivity contribution in [2.24, 2.45) is 0 Å². The van der Waals surface area contributed by atoms with Crippen LogP contribution in [0.4, 0.5) is 17.1 Å². The van der Waals surface area contributed by atoms with Gasteiger partial charge in [-0.3, -0.25) is 9.59 Å². The van der Waals surface area contributed by atoms with E-state index in [1.54, 1.807) is 18.2 Å². The zero-order valence-electron chi connectivity index (χ0n) is 25.7. The average molecular weight is 580 g/mol. The molecule has 8 nitrogen and oxygen atoms in total. The maximum absolute atomic E-state index is 13.6. The molecule has 0 saturated carbocycles. The lowest BCUT2D eigenvalue weighted by molar-refractivity contribution is 0.0910. The average Bonchev–Trinajstić information content (AvgIpc) is 3.53. The van der Waals surface area contributed by atoms with Crippen molar-refractivity contribution in [3.63, 3.8) is 0 Å². The standard InChI is InChI=1S/C35H41N5O3/c1-25-10-6-7-13-30(25)39-17-19-40(20-18-39)31-16-15-27(23-29(31)36-34(42)32-14-9-21-43-32)33(41)37-35(2,3)28-12-8-11-26(22-28)24-38(4)5/h6-16,21-23H,17-20,24H2,1-5H3,(H,36,42)(H,37,41). The Morgan fingerprint density at radius 3 is 2.23 bits per heavy atom. The number of para-hydroxylation sites is 1. The number of benzene rings is 3. The third-order valence-electron chi connectivity index (χ3n) is 7.90. The summed E-state index contributed by atoms with van der Waals surface area (Å²) >= 11 is 0. The van der Waals surface area contributed by atoms with Crippen molar-refractivity contribution < 1.29 is 14.0 Å².